The average molecular weight is 466 g/mol. The zero-order chi connectivity index (χ0) is 24.3. The van der Waals surface area contributed by atoms with Crippen molar-refractivity contribution >= 4 is 23.1 Å². The quantitative estimate of drug-likeness (QED) is 0.340. The van der Waals surface area contributed by atoms with Gasteiger partial charge in [0.25, 0.3) is 0 Å². The second-order valence-electron chi connectivity index (χ2n) is 7.50. The number of halogens is 3. The van der Waals surface area contributed by atoms with Gasteiger partial charge in [-0.05, 0) is 48.9 Å². The Morgan fingerprint density at radius 1 is 1.00 bits per heavy atom. The van der Waals surface area contributed by atoms with Crippen LogP contribution in [0.2, 0.25) is 0 Å². The van der Waals surface area contributed by atoms with Crippen LogP contribution in [0.1, 0.15) is 11.1 Å². The number of amides is 2. The van der Waals surface area contributed by atoms with Crippen molar-refractivity contribution in [3.8, 4) is 16.8 Å². The highest BCUT2D eigenvalue weighted by atomic mass is 19.4. The first kappa shape index (κ1) is 22.8. The van der Waals surface area contributed by atoms with E-state index in [1.807, 2.05) is 32.3 Å². The van der Waals surface area contributed by atoms with Crippen molar-refractivity contribution in [3.63, 3.8) is 0 Å². The van der Waals surface area contributed by atoms with Crippen LogP contribution < -0.4 is 16.0 Å². The summed E-state index contributed by atoms with van der Waals surface area (Å²) in [6.45, 7) is 1.91. The van der Waals surface area contributed by atoms with Crippen LogP contribution >= 0.6 is 0 Å². The van der Waals surface area contributed by atoms with E-state index in [4.69, 9.17) is 0 Å². The summed E-state index contributed by atoms with van der Waals surface area (Å²) in [6, 6.07) is 10.9. The van der Waals surface area contributed by atoms with E-state index in [1.165, 1.54) is 12.1 Å². The molecule has 0 spiro atoms. The van der Waals surface area contributed by atoms with E-state index in [2.05, 4.69) is 26.0 Å². The number of nitrogens with zero attached hydrogens (tertiary/aromatic N) is 3. The van der Waals surface area contributed by atoms with Gasteiger partial charge in [0.2, 0.25) is 0 Å². The maximum absolute atomic E-state index is 12.9. The molecule has 4 rings (SSSR count). The summed E-state index contributed by atoms with van der Waals surface area (Å²) in [4.78, 5) is 16.6. The standard InChI is InChI=1S/C24H21F3N6O/c1-15-6-7-19(32-23(34)31-18-5-3-4-17(10-18)24(25,26)27)11-22(15)33-14-16(12-30-33)20-13-29-9-8-21(20)28-2/h3-14H,1-2H3,(H,28,29)(H2,31,32,34). The fourth-order valence-corrected chi connectivity index (χ4v) is 3.44. The number of aromatic nitrogens is 3. The van der Waals surface area contributed by atoms with Gasteiger partial charge in [0.15, 0.2) is 0 Å². The van der Waals surface area contributed by atoms with Gasteiger partial charge in [-0.3, -0.25) is 4.98 Å². The van der Waals surface area contributed by atoms with Gasteiger partial charge in [-0.2, -0.15) is 18.3 Å². The molecule has 0 radical (unpaired) electrons. The molecule has 0 aliphatic rings. The Hall–Kier alpha value is -4.34. The molecule has 2 amide bonds. The molecule has 0 aliphatic heterocycles. The second kappa shape index (κ2) is 9.26. The Bertz CT molecular complexity index is 1330. The van der Waals surface area contributed by atoms with E-state index in [9.17, 15) is 18.0 Å². The predicted molar refractivity (Wildman–Crippen MR) is 125 cm³/mol. The molecular formula is C24H21F3N6O. The van der Waals surface area contributed by atoms with Crippen LogP contribution in [0.4, 0.5) is 35.0 Å². The molecule has 34 heavy (non-hydrogen) atoms. The number of carbonyl (C=O) groups excluding carboxylic acids is 1. The first-order chi connectivity index (χ1) is 16.2. The van der Waals surface area contributed by atoms with Crippen molar-refractivity contribution < 1.29 is 18.0 Å². The zero-order valence-electron chi connectivity index (χ0n) is 18.3. The van der Waals surface area contributed by atoms with Crippen LogP contribution in [0.3, 0.4) is 0 Å². The molecule has 0 saturated carbocycles. The van der Waals surface area contributed by atoms with Crippen LogP contribution in [0.5, 0.6) is 0 Å². The van der Waals surface area contributed by atoms with E-state index in [-0.39, 0.29) is 5.69 Å². The zero-order valence-corrected chi connectivity index (χ0v) is 18.3. The van der Waals surface area contributed by atoms with E-state index in [1.54, 1.807) is 35.4 Å². The van der Waals surface area contributed by atoms with E-state index in [0.29, 0.717) is 5.69 Å². The van der Waals surface area contributed by atoms with Crippen LogP contribution in [-0.4, -0.2) is 27.8 Å². The highest BCUT2D eigenvalue weighted by Gasteiger charge is 2.30. The fraction of sp³-hybridized carbons (Fsp3) is 0.125. The molecular weight excluding hydrogens is 445 g/mol. The molecule has 0 atom stereocenters. The lowest BCUT2D eigenvalue weighted by molar-refractivity contribution is -0.137. The summed E-state index contributed by atoms with van der Waals surface area (Å²) in [5, 5.41) is 12.6. The smallest absolute Gasteiger partial charge is 0.388 e. The summed E-state index contributed by atoms with van der Waals surface area (Å²) >= 11 is 0. The molecule has 0 fully saturated rings. The van der Waals surface area contributed by atoms with Gasteiger partial charge in [-0.25, -0.2) is 9.48 Å². The third-order valence-electron chi connectivity index (χ3n) is 5.15. The number of anilines is 3. The van der Waals surface area contributed by atoms with Gasteiger partial charge in [-0.15, -0.1) is 0 Å². The number of benzene rings is 2. The maximum atomic E-state index is 12.9. The molecule has 3 N–H and O–H groups in total. The van der Waals surface area contributed by atoms with Gasteiger partial charge < -0.3 is 16.0 Å². The molecule has 174 valence electrons. The van der Waals surface area contributed by atoms with Gasteiger partial charge >= 0.3 is 12.2 Å². The third kappa shape index (κ3) is 5.01. The van der Waals surface area contributed by atoms with Crippen molar-refractivity contribution in [1.82, 2.24) is 14.8 Å². The Balaban J connectivity index is 1.53. The number of nitrogens with one attached hydrogen (secondary N) is 3. The van der Waals surface area contributed by atoms with Crippen molar-refractivity contribution in [2.24, 2.45) is 0 Å². The number of alkyl halides is 3. The first-order valence-corrected chi connectivity index (χ1v) is 10.3. The van der Waals surface area contributed by atoms with Crippen LogP contribution in [-0.2, 0) is 6.18 Å². The Morgan fingerprint density at radius 3 is 2.50 bits per heavy atom. The normalized spacial score (nSPS) is 11.2. The largest absolute Gasteiger partial charge is 0.416 e. The predicted octanol–water partition coefficient (Wildman–Crippen LogP) is 5.95. The monoisotopic (exact) mass is 466 g/mol. The minimum atomic E-state index is -4.49. The van der Waals surface area contributed by atoms with Crippen molar-refractivity contribution in [1.29, 1.82) is 0 Å². The summed E-state index contributed by atoms with van der Waals surface area (Å²) in [5.41, 5.74) is 3.96. The van der Waals surface area contributed by atoms with Crippen LogP contribution in [0.15, 0.2) is 73.3 Å². The van der Waals surface area contributed by atoms with Crippen LogP contribution in [0, 0.1) is 6.92 Å². The highest BCUT2D eigenvalue weighted by molar-refractivity contribution is 6.00. The minimum absolute atomic E-state index is 0.0354. The molecule has 0 bridgehead atoms. The lowest BCUT2D eigenvalue weighted by atomic mass is 10.1. The molecule has 0 saturated heterocycles. The molecule has 10 heteroatoms. The highest BCUT2D eigenvalue weighted by Crippen LogP contribution is 2.31. The topological polar surface area (TPSA) is 83.9 Å². The SMILES string of the molecule is CNc1ccncc1-c1cnn(-c2cc(NC(=O)Nc3cccc(C(F)(F)F)c3)ccc2C)c1. The number of rotatable bonds is 5. The number of aryl methyl sites for hydroxylation is 1. The number of urea groups is 1. The van der Waals surface area contributed by atoms with Gasteiger partial charge in [0.05, 0.1) is 17.4 Å². The Labute approximate surface area is 193 Å². The second-order valence-corrected chi connectivity index (χ2v) is 7.50. The minimum Gasteiger partial charge on any atom is -0.388 e. The molecule has 0 aliphatic carbocycles. The fourth-order valence-electron chi connectivity index (χ4n) is 3.44. The summed E-state index contributed by atoms with van der Waals surface area (Å²) in [7, 11) is 1.83. The Kier molecular flexibility index (Phi) is 6.22. The maximum Gasteiger partial charge on any atom is 0.416 e. The van der Waals surface area contributed by atoms with Crippen molar-refractivity contribution in [2.45, 2.75) is 13.1 Å². The Morgan fingerprint density at radius 2 is 1.76 bits per heavy atom. The summed E-state index contributed by atoms with van der Waals surface area (Å²) in [5.74, 6) is 0. The van der Waals surface area contributed by atoms with Crippen LogP contribution in [0.25, 0.3) is 16.8 Å². The lowest BCUT2D eigenvalue weighted by Gasteiger charge is -2.12. The number of hydrogen-bond acceptors (Lipinski definition) is 4. The van der Waals surface area contributed by atoms with Crippen molar-refractivity contribution in [3.05, 3.63) is 84.4 Å². The van der Waals surface area contributed by atoms with E-state index < -0.39 is 17.8 Å². The molecule has 2 aromatic heterocycles. The lowest BCUT2D eigenvalue weighted by Crippen LogP contribution is -2.20. The number of hydrogen-bond donors (Lipinski definition) is 3. The molecule has 4 aromatic rings. The molecule has 0 unspecified atom stereocenters. The average Bonchev–Trinajstić information content (AvgIpc) is 3.30. The third-order valence-corrected chi connectivity index (χ3v) is 5.15. The number of carbonyl (C=O) groups is 1. The van der Waals surface area contributed by atoms with E-state index in [0.717, 1.165) is 40.2 Å². The molecule has 2 aromatic carbocycles. The molecule has 2 heterocycles. The molecule has 7 nitrogen and oxygen atoms in total. The number of pyridine rings is 1. The van der Waals surface area contributed by atoms with Gasteiger partial charge in [0.1, 0.15) is 0 Å². The van der Waals surface area contributed by atoms with Gasteiger partial charge in [-0.1, -0.05) is 12.1 Å². The van der Waals surface area contributed by atoms with Crippen molar-refractivity contribution in [2.75, 3.05) is 23.0 Å². The summed E-state index contributed by atoms with van der Waals surface area (Å²) < 4.78 is 40.4. The first-order valence-electron chi connectivity index (χ1n) is 10.3. The van der Waals surface area contributed by atoms with E-state index >= 15 is 0 Å². The van der Waals surface area contributed by atoms with Gasteiger partial charge in [0, 0.05) is 53.8 Å². The summed E-state index contributed by atoms with van der Waals surface area (Å²) in [6.07, 6.45) is 2.52.